The first-order valence-corrected chi connectivity index (χ1v) is 10.6. The normalized spacial score (nSPS) is 18.5. The molecule has 2 aliphatic rings. The highest BCUT2D eigenvalue weighted by atomic mass is 32.1. The molecule has 2 aliphatic heterocycles. The van der Waals surface area contributed by atoms with Crippen molar-refractivity contribution in [2.45, 2.75) is 46.5 Å². The number of piperidine rings is 1. The molecular formula is C20H26N4O2S. The summed E-state index contributed by atoms with van der Waals surface area (Å²) in [6, 6.07) is 0. The van der Waals surface area contributed by atoms with Crippen molar-refractivity contribution in [1.82, 2.24) is 19.8 Å². The van der Waals surface area contributed by atoms with Gasteiger partial charge in [0, 0.05) is 43.2 Å². The van der Waals surface area contributed by atoms with Gasteiger partial charge in [0.05, 0.1) is 4.88 Å². The highest BCUT2D eigenvalue weighted by Gasteiger charge is 2.32. The quantitative estimate of drug-likeness (QED) is 0.795. The third-order valence-electron chi connectivity index (χ3n) is 5.83. The number of thiophene rings is 1. The Morgan fingerprint density at radius 3 is 2.30 bits per heavy atom. The molecule has 27 heavy (non-hydrogen) atoms. The van der Waals surface area contributed by atoms with E-state index < -0.39 is 0 Å². The second-order valence-electron chi connectivity index (χ2n) is 7.69. The standard InChI is InChI=1S/C20H26N4O2S/c1-12-16-13(2)21-14(3)22-18(16)27-17(12)20(26)24-10-6-15(7-11-24)19(25)23-8-4-5-9-23/h15H,4-11H2,1-3H3. The van der Waals surface area contributed by atoms with Crippen molar-refractivity contribution in [3.05, 3.63) is 22.0 Å². The second-order valence-corrected chi connectivity index (χ2v) is 8.69. The minimum atomic E-state index is 0.0691. The molecule has 0 bridgehead atoms. The maximum absolute atomic E-state index is 13.1. The third-order valence-corrected chi connectivity index (χ3v) is 7.00. The summed E-state index contributed by atoms with van der Waals surface area (Å²) in [5.41, 5.74) is 1.91. The lowest BCUT2D eigenvalue weighted by Crippen LogP contribution is -2.43. The van der Waals surface area contributed by atoms with E-state index in [1.165, 1.54) is 11.3 Å². The van der Waals surface area contributed by atoms with E-state index in [1.54, 1.807) is 0 Å². The van der Waals surface area contributed by atoms with Crippen molar-refractivity contribution < 1.29 is 9.59 Å². The van der Waals surface area contributed by atoms with Gasteiger partial charge in [0.1, 0.15) is 10.7 Å². The molecule has 2 amide bonds. The zero-order chi connectivity index (χ0) is 19.1. The summed E-state index contributed by atoms with van der Waals surface area (Å²) < 4.78 is 0. The number of fused-ring (bicyclic) bond motifs is 1. The first-order valence-electron chi connectivity index (χ1n) is 9.78. The molecule has 2 aromatic heterocycles. The molecule has 0 unspecified atom stereocenters. The summed E-state index contributed by atoms with van der Waals surface area (Å²) in [6.07, 6.45) is 3.78. The summed E-state index contributed by atoms with van der Waals surface area (Å²) in [5.74, 6) is 1.17. The molecule has 2 saturated heterocycles. The molecule has 144 valence electrons. The van der Waals surface area contributed by atoms with Crippen LogP contribution in [0.5, 0.6) is 0 Å². The SMILES string of the molecule is Cc1nc(C)c2c(C)c(C(=O)N3CCC(C(=O)N4CCCC4)CC3)sc2n1. The summed E-state index contributed by atoms with van der Waals surface area (Å²) in [4.78, 5) is 40.2. The van der Waals surface area contributed by atoms with E-state index in [0.717, 1.165) is 70.9 Å². The van der Waals surface area contributed by atoms with Gasteiger partial charge in [-0.25, -0.2) is 9.97 Å². The van der Waals surface area contributed by atoms with Gasteiger partial charge in [-0.2, -0.15) is 0 Å². The van der Waals surface area contributed by atoms with Gasteiger partial charge in [-0.15, -0.1) is 11.3 Å². The van der Waals surface area contributed by atoms with Gasteiger partial charge >= 0.3 is 0 Å². The lowest BCUT2D eigenvalue weighted by molar-refractivity contribution is -0.135. The molecule has 0 N–H and O–H groups in total. The van der Waals surface area contributed by atoms with Crippen molar-refractivity contribution in [3.8, 4) is 0 Å². The highest BCUT2D eigenvalue weighted by molar-refractivity contribution is 7.20. The Morgan fingerprint density at radius 1 is 0.963 bits per heavy atom. The zero-order valence-electron chi connectivity index (χ0n) is 16.2. The maximum Gasteiger partial charge on any atom is 0.264 e. The van der Waals surface area contributed by atoms with Crippen LogP contribution in [0, 0.1) is 26.7 Å². The van der Waals surface area contributed by atoms with Crippen molar-refractivity contribution in [3.63, 3.8) is 0 Å². The van der Waals surface area contributed by atoms with Crippen LogP contribution in [-0.2, 0) is 4.79 Å². The Bertz CT molecular complexity index is 893. The second kappa shape index (κ2) is 7.19. The fourth-order valence-electron chi connectivity index (χ4n) is 4.35. The smallest absolute Gasteiger partial charge is 0.264 e. The molecule has 7 heteroatoms. The number of likely N-dealkylation sites (tertiary alicyclic amines) is 2. The van der Waals surface area contributed by atoms with E-state index in [4.69, 9.17) is 0 Å². The minimum Gasteiger partial charge on any atom is -0.342 e. The molecule has 2 fully saturated rings. The molecule has 4 heterocycles. The number of aryl methyl sites for hydroxylation is 3. The van der Waals surface area contributed by atoms with E-state index in [0.29, 0.717) is 19.0 Å². The minimum absolute atomic E-state index is 0.0691. The average molecular weight is 387 g/mol. The summed E-state index contributed by atoms with van der Waals surface area (Å²) in [6.45, 7) is 8.95. The van der Waals surface area contributed by atoms with Crippen molar-refractivity contribution >= 4 is 33.4 Å². The number of hydrogen-bond donors (Lipinski definition) is 0. The largest absolute Gasteiger partial charge is 0.342 e. The van der Waals surface area contributed by atoms with Crippen molar-refractivity contribution in [2.75, 3.05) is 26.2 Å². The number of rotatable bonds is 2. The molecule has 2 aromatic rings. The van der Waals surface area contributed by atoms with Gasteiger partial charge in [-0.05, 0) is 52.0 Å². The van der Waals surface area contributed by atoms with Crippen LogP contribution in [0.15, 0.2) is 0 Å². The topological polar surface area (TPSA) is 66.4 Å². The van der Waals surface area contributed by atoms with E-state index >= 15 is 0 Å². The van der Waals surface area contributed by atoms with E-state index in [-0.39, 0.29) is 11.8 Å². The first-order chi connectivity index (χ1) is 13.0. The fourth-order valence-corrected chi connectivity index (χ4v) is 5.59. The molecule has 0 saturated carbocycles. The molecule has 0 radical (unpaired) electrons. The predicted molar refractivity (Wildman–Crippen MR) is 106 cm³/mol. The number of carbonyl (C=O) groups is 2. The molecule has 0 spiro atoms. The Hall–Kier alpha value is -2.02. The summed E-state index contributed by atoms with van der Waals surface area (Å²) >= 11 is 1.46. The predicted octanol–water partition coefficient (Wildman–Crippen LogP) is 3.09. The number of amides is 2. The van der Waals surface area contributed by atoms with E-state index in [9.17, 15) is 9.59 Å². The number of hydrogen-bond acceptors (Lipinski definition) is 5. The number of aromatic nitrogens is 2. The molecule has 0 atom stereocenters. The average Bonchev–Trinajstić information content (AvgIpc) is 3.29. The molecule has 6 nitrogen and oxygen atoms in total. The van der Waals surface area contributed by atoms with Crippen LogP contribution < -0.4 is 0 Å². The van der Waals surface area contributed by atoms with Crippen LogP contribution in [0.4, 0.5) is 0 Å². The van der Waals surface area contributed by atoms with Crippen LogP contribution in [0.1, 0.15) is 52.4 Å². The lowest BCUT2D eigenvalue weighted by atomic mass is 9.95. The van der Waals surface area contributed by atoms with E-state index in [2.05, 4.69) is 9.97 Å². The Balaban J connectivity index is 1.48. The number of nitrogens with zero attached hydrogens (tertiary/aromatic N) is 4. The Morgan fingerprint density at radius 2 is 1.63 bits per heavy atom. The maximum atomic E-state index is 13.1. The van der Waals surface area contributed by atoms with Crippen molar-refractivity contribution in [2.24, 2.45) is 5.92 Å². The van der Waals surface area contributed by atoms with Crippen molar-refractivity contribution in [1.29, 1.82) is 0 Å². The van der Waals surface area contributed by atoms with Gasteiger partial charge in [0.2, 0.25) is 5.91 Å². The summed E-state index contributed by atoms with van der Waals surface area (Å²) in [5, 5.41) is 1.01. The van der Waals surface area contributed by atoms with Crippen LogP contribution in [-0.4, -0.2) is 57.8 Å². The van der Waals surface area contributed by atoms with Gasteiger partial charge in [0.25, 0.3) is 5.91 Å². The Labute approximate surface area is 163 Å². The Kier molecular flexibility index (Phi) is 4.88. The number of carbonyl (C=O) groups excluding carboxylic acids is 2. The first kappa shape index (κ1) is 18.3. The van der Waals surface area contributed by atoms with Crippen LogP contribution in [0.3, 0.4) is 0 Å². The molecule has 0 aromatic carbocycles. The van der Waals surface area contributed by atoms with Gasteiger partial charge < -0.3 is 9.80 Å². The van der Waals surface area contributed by atoms with Gasteiger partial charge in [-0.3, -0.25) is 9.59 Å². The molecule has 4 rings (SSSR count). The van der Waals surface area contributed by atoms with Crippen LogP contribution in [0.25, 0.3) is 10.2 Å². The fraction of sp³-hybridized carbons (Fsp3) is 0.600. The molecule has 0 aliphatic carbocycles. The lowest BCUT2D eigenvalue weighted by Gasteiger charge is -2.33. The summed E-state index contributed by atoms with van der Waals surface area (Å²) in [7, 11) is 0. The van der Waals surface area contributed by atoms with Gasteiger partial charge in [-0.1, -0.05) is 0 Å². The third kappa shape index (κ3) is 3.33. The van der Waals surface area contributed by atoms with Crippen LogP contribution in [0.2, 0.25) is 0 Å². The van der Waals surface area contributed by atoms with Crippen LogP contribution >= 0.6 is 11.3 Å². The highest BCUT2D eigenvalue weighted by Crippen LogP contribution is 2.33. The van der Waals surface area contributed by atoms with E-state index in [1.807, 2.05) is 30.6 Å². The molecular weight excluding hydrogens is 360 g/mol. The zero-order valence-corrected chi connectivity index (χ0v) is 17.1. The monoisotopic (exact) mass is 386 g/mol. The van der Waals surface area contributed by atoms with Gasteiger partial charge in [0.15, 0.2) is 0 Å².